The molecule has 0 heterocycles. The predicted octanol–water partition coefficient (Wildman–Crippen LogP) is 1.02. The third-order valence-electron chi connectivity index (χ3n) is 2.14. The zero-order chi connectivity index (χ0) is 14.7. The Balaban J connectivity index is 2.64. The highest BCUT2D eigenvalue weighted by atomic mass is 32.2. The van der Waals surface area contributed by atoms with E-state index in [1.807, 2.05) is 0 Å². The van der Waals surface area contributed by atoms with E-state index in [0.29, 0.717) is 0 Å². The summed E-state index contributed by atoms with van der Waals surface area (Å²) in [6.07, 6.45) is -5.47. The van der Waals surface area contributed by atoms with Crippen molar-refractivity contribution in [2.24, 2.45) is 5.14 Å². The number of hydrogen-bond donors (Lipinski definition) is 2. The molecule has 0 radical (unpaired) electrons. The van der Waals surface area contributed by atoms with Gasteiger partial charge in [-0.3, -0.25) is 4.79 Å². The van der Waals surface area contributed by atoms with E-state index < -0.39 is 35.1 Å². The normalized spacial score (nSPS) is 12.2. The van der Waals surface area contributed by atoms with Crippen molar-refractivity contribution >= 4 is 15.9 Å². The topological polar surface area (TPSA) is 89.3 Å². The highest BCUT2D eigenvalue weighted by Crippen LogP contribution is 2.18. The van der Waals surface area contributed by atoms with Gasteiger partial charge < -0.3 is 5.32 Å². The van der Waals surface area contributed by atoms with Crippen molar-refractivity contribution in [3.05, 3.63) is 29.8 Å². The van der Waals surface area contributed by atoms with Crippen molar-refractivity contribution in [2.45, 2.75) is 17.5 Å². The van der Waals surface area contributed by atoms with E-state index in [1.165, 1.54) is 12.1 Å². The van der Waals surface area contributed by atoms with Gasteiger partial charge in [0.1, 0.15) is 0 Å². The van der Waals surface area contributed by atoms with Crippen molar-refractivity contribution in [3.8, 4) is 0 Å². The molecule has 3 N–H and O–H groups in total. The second kappa shape index (κ2) is 5.57. The fourth-order valence-corrected chi connectivity index (χ4v) is 1.73. The Bertz CT molecular complexity index is 552. The minimum Gasteiger partial charge on any atom is -0.352 e. The molecule has 0 aromatic heterocycles. The fourth-order valence-electron chi connectivity index (χ4n) is 1.22. The Kier molecular flexibility index (Phi) is 4.53. The molecule has 1 aromatic carbocycles. The quantitative estimate of drug-likeness (QED) is 0.869. The summed E-state index contributed by atoms with van der Waals surface area (Å²) in [4.78, 5) is 11.3. The maximum Gasteiger partial charge on any atom is 0.390 e. The van der Waals surface area contributed by atoms with Gasteiger partial charge >= 0.3 is 6.18 Å². The summed E-state index contributed by atoms with van der Waals surface area (Å²) in [5, 5.41) is 6.93. The van der Waals surface area contributed by atoms with E-state index in [9.17, 15) is 26.4 Å². The molecule has 0 aliphatic heterocycles. The average Bonchev–Trinajstić information content (AvgIpc) is 2.26. The zero-order valence-corrected chi connectivity index (χ0v) is 10.4. The van der Waals surface area contributed by atoms with Crippen molar-refractivity contribution in [3.63, 3.8) is 0 Å². The molecule has 0 atom stereocenters. The number of alkyl halides is 3. The number of primary sulfonamides is 1. The fraction of sp³-hybridized carbons (Fsp3) is 0.300. The van der Waals surface area contributed by atoms with Gasteiger partial charge in [0.25, 0.3) is 5.91 Å². The van der Waals surface area contributed by atoms with Crippen LogP contribution in [0.1, 0.15) is 16.8 Å². The first-order valence-electron chi connectivity index (χ1n) is 5.07. The lowest BCUT2D eigenvalue weighted by molar-refractivity contribution is -0.132. The second-order valence-electron chi connectivity index (χ2n) is 3.69. The van der Waals surface area contributed by atoms with Crippen LogP contribution in [0.4, 0.5) is 13.2 Å². The summed E-state index contributed by atoms with van der Waals surface area (Å²) in [5.74, 6) is -0.717. The van der Waals surface area contributed by atoms with Gasteiger partial charge in [0.05, 0.1) is 11.3 Å². The van der Waals surface area contributed by atoms with Crippen LogP contribution in [0.2, 0.25) is 0 Å². The molecule has 5 nitrogen and oxygen atoms in total. The van der Waals surface area contributed by atoms with Crippen LogP contribution in [-0.2, 0) is 10.0 Å². The van der Waals surface area contributed by atoms with Gasteiger partial charge in [-0.05, 0) is 24.3 Å². The van der Waals surface area contributed by atoms with E-state index in [4.69, 9.17) is 5.14 Å². The molecule has 0 aliphatic rings. The van der Waals surface area contributed by atoms with Crippen molar-refractivity contribution < 1.29 is 26.4 Å². The SMILES string of the molecule is NS(=O)(=O)c1ccc(C(=O)NCCC(F)(F)F)cc1. The molecule has 0 saturated heterocycles. The highest BCUT2D eigenvalue weighted by Gasteiger charge is 2.26. The van der Waals surface area contributed by atoms with Crippen molar-refractivity contribution in [1.29, 1.82) is 0 Å². The molecule has 0 saturated carbocycles. The van der Waals surface area contributed by atoms with Crippen molar-refractivity contribution in [1.82, 2.24) is 5.32 Å². The van der Waals surface area contributed by atoms with Gasteiger partial charge in [-0.25, -0.2) is 13.6 Å². The highest BCUT2D eigenvalue weighted by molar-refractivity contribution is 7.89. The van der Waals surface area contributed by atoms with Gasteiger partial charge in [-0.1, -0.05) is 0 Å². The summed E-state index contributed by atoms with van der Waals surface area (Å²) in [5.41, 5.74) is 0.0505. The van der Waals surface area contributed by atoms with Gasteiger partial charge in [0.15, 0.2) is 0 Å². The molecule has 0 fully saturated rings. The Morgan fingerprint density at radius 2 is 1.74 bits per heavy atom. The third-order valence-corrected chi connectivity index (χ3v) is 3.07. The number of carbonyl (C=O) groups is 1. The van der Waals surface area contributed by atoms with Gasteiger partial charge in [0, 0.05) is 12.1 Å². The maximum absolute atomic E-state index is 11.9. The van der Waals surface area contributed by atoms with E-state index in [1.54, 1.807) is 0 Å². The molecule has 0 unspecified atom stereocenters. The minimum absolute atomic E-state index is 0.0505. The van der Waals surface area contributed by atoms with E-state index in [0.717, 1.165) is 12.1 Å². The summed E-state index contributed by atoms with van der Waals surface area (Å²) in [7, 11) is -3.86. The molecule has 0 aliphatic carbocycles. The maximum atomic E-state index is 11.9. The number of hydrogen-bond acceptors (Lipinski definition) is 3. The second-order valence-corrected chi connectivity index (χ2v) is 5.25. The van der Waals surface area contributed by atoms with Crippen LogP contribution >= 0.6 is 0 Å². The van der Waals surface area contributed by atoms with E-state index in [-0.39, 0.29) is 10.5 Å². The largest absolute Gasteiger partial charge is 0.390 e. The Morgan fingerprint density at radius 3 is 2.16 bits per heavy atom. The van der Waals surface area contributed by atoms with Gasteiger partial charge in [-0.15, -0.1) is 0 Å². The monoisotopic (exact) mass is 296 g/mol. The third kappa shape index (κ3) is 5.26. The molecule has 19 heavy (non-hydrogen) atoms. The zero-order valence-electron chi connectivity index (χ0n) is 9.57. The number of amides is 1. The van der Waals surface area contributed by atoms with Crippen LogP contribution in [0, 0.1) is 0 Å². The first kappa shape index (κ1) is 15.4. The minimum atomic E-state index is -4.34. The molecule has 1 amide bonds. The van der Waals surface area contributed by atoms with Crippen LogP contribution in [0.5, 0.6) is 0 Å². The Hall–Kier alpha value is -1.61. The van der Waals surface area contributed by atoms with Crippen LogP contribution < -0.4 is 10.5 Å². The molecule has 9 heteroatoms. The molecular formula is C10H11F3N2O3S. The molecule has 106 valence electrons. The summed E-state index contributed by atoms with van der Waals surface area (Å²) in [6.45, 7) is -0.542. The van der Waals surface area contributed by atoms with Crippen LogP contribution in [-0.4, -0.2) is 27.0 Å². The first-order chi connectivity index (χ1) is 8.59. The van der Waals surface area contributed by atoms with Gasteiger partial charge in [0.2, 0.25) is 10.0 Å². The number of sulfonamides is 1. The lowest BCUT2D eigenvalue weighted by atomic mass is 10.2. The lowest BCUT2D eigenvalue weighted by Crippen LogP contribution is -2.27. The summed E-state index contributed by atoms with van der Waals surface area (Å²) in [6, 6.07) is 4.55. The van der Waals surface area contributed by atoms with Crippen LogP contribution in [0.3, 0.4) is 0 Å². The van der Waals surface area contributed by atoms with Gasteiger partial charge in [-0.2, -0.15) is 13.2 Å². The van der Waals surface area contributed by atoms with Crippen LogP contribution in [0.25, 0.3) is 0 Å². The number of carbonyl (C=O) groups excluding carboxylic acids is 1. The number of nitrogens with two attached hydrogens (primary N) is 1. The number of benzene rings is 1. The predicted molar refractivity (Wildman–Crippen MR) is 60.8 cm³/mol. The number of halogens is 3. The average molecular weight is 296 g/mol. The smallest absolute Gasteiger partial charge is 0.352 e. The molecule has 0 bridgehead atoms. The number of nitrogens with one attached hydrogen (secondary N) is 1. The molecule has 1 aromatic rings. The first-order valence-corrected chi connectivity index (χ1v) is 6.62. The summed E-state index contributed by atoms with van der Waals surface area (Å²) >= 11 is 0. The lowest BCUT2D eigenvalue weighted by Gasteiger charge is -2.08. The van der Waals surface area contributed by atoms with E-state index >= 15 is 0 Å². The van der Waals surface area contributed by atoms with E-state index in [2.05, 4.69) is 5.32 Å². The number of rotatable bonds is 4. The standard InChI is InChI=1S/C10H11F3N2O3S/c11-10(12,13)5-6-15-9(16)7-1-3-8(4-2-7)19(14,17)18/h1-4H,5-6H2,(H,15,16)(H2,14,17,18). The molecule has 1 rings (SSSR count). The Labute approximate surface area is 107 Å². The van der Waals surface area contributed by atoms with Crippen molar-refractivity contribution in [2.75, 3.05) is 6.54 Å². The molecule has 0 spiro atoms. The Morgan fingerprint density at radius 1 is 1.21 bits per heavy atom. The summed E-state index contributed by atoms with van der Waals surface area (Å²) < 4.78 is 57.5. The van der Waals surface area contributed by atoms with Crippen LogP contribution in [0.15, 0.2) is 29.2 Å². The molecular weight excluding hydrogens is 285 g/mol.